The molecule has 3 aliphatic carbocycles. The highest BCUT2D eigenvalue weighted by molar-refractivity contribution is 6.25. The van der Waals surface area contributed by atoms with Gasteiger partial charge in [-0.2, -0.15) is 0 Å². The van der Waals surface area contributed by atoms with Gasteiger partial charge < -0.3 is 40.3 Å². The third-order valence-electron chi connectivity index (χ3n) is 8.36. The smallest absolute Gasteiger partial charge is 0.255 e. The Balaban J connectivity index is 1.72. The number of likely N-dealkylation sites (N-methyl/N-ethyl adjacent to an activating group) is 1. The molecule has 2 aromatic rings. The number of amides is 1. The number of oxime groups is 1. The number of primary amides is 1. The van der Waals surface area contributed by atoms with Gasteiger partial charge in [0.25, 0.3) is 5.91 Å². The summed E-state index contributed by atoms with van der Waals surface area (Å²) in [4.78, 5) is 47.8. The fourth-order valence-electron chi connectivity index (χ4n) is 6.56. The van der Waals surface area contributed by atoms with E-state index < -0.39 is 63.8 Å². The Morgan fingerprint density at radius 2 is 1.88 bits per heavy atom. The average Bonchev–Trinajstić information content (AvgIpc) is 3.37. The third kappa shape index (κ3) is 3.99. The maximum Gasteiger partial charge on any atom is 0.255 e. The molecule has 13 heteroatoms. The quantitative estimate of drug-likeness (QED) is 0.188. The van der Waals surface area contributed by atoms with Crippen molar-refractivity contribution in [2.45, 2.75) is 24.5 Å². The fourth-order valence-corrected chi connectivity index (χ4v) is 6.56. The van der Waals surface area contributed by atoms with Gasteiger partial charge in [0.05, 0.1) is 17.2 Å². The summed E-state index contributed by atoms with van der Waals surface area (Å²) >= 11 is 0. The summed E-state index contributed by atoms with van der Waals surface area (Å²) < 4.78 is 5.78. The molecule has 0 saturated carbocycles. The number of aliphatic hydroxyl groups is 3. The van der Waals surface area contributed by atoms with Crippen LogP contribution in [0.15, 0.2) is 50.4 Å². The first-order valence-corrected chi connectivity index (χ1v) is 13.1. The van der Waals surface area contributed by atoms with E-state index in [0.29, 0.717) is 17.0 Å². The highest BCUT2D eigenvalue weighted by Gasteiger charge is 2.63. The number of furan rings is 1. The summed E-state index contributed by atoms with van der Waals surface area (Å²) in [5.41, 5.74) is 2.79. The van der Waals surface area contributed by atoms with Crippen molar-refractivity contribution in [1.29, 1.82) is 0 Å². The number of hydrogen-bond acceptors (Lipinski definition) is 12. The lowest BCUT2D eigenvalue weighted by molar-refractivity contribution is -0.148. The molecule has 4 atom stereocenters. The maximum absolute atomic E-state index is 14.2. The van der Waals surface area contributed by atoms with Gasteiger partial charge in [-0.15, -0.1) is 0 Å². The molecule has 1 amide bonds. The van der Waals surface area contributed by atoms with Crippen molar-refractivity contribution in [1.82, 2.24) is 4.90 Å². The Kier molecular flexibility index (Phi) is 6.90. The van der Waals surface area contributed by atoms with E-state index in [1.165, 1.54) is 18.2 Å². The van der Waals surface area contributed by atoms with Crippen LogP contribution in [0.3, 0.4) is 0 Å². The van der Waals surface area contributed by atoms with Gasteiger partial charge in [-0.05, 0) is 56.6 Å². The monoisotopic (exact) mass is 580 g/mol. The van der Waals surface area contributed by atoms with Crippen molar-refractivity contribution in [2.75, 3.05) is 40.2 Å². The Bertz CT molecular complexity index is 1620. The summed E-state index contributed by atoms with van der Waals surface area (Å²) in [6.45, 7) is 0. The third-order valence-corrected chi connectivity index (χ3v) is 8.36. The predicted octanol–water partition coefficient (Wildman–Crippen LogP) is 1.43. The van der Waals surface area contributed by atoms with E-state index in [9.17, 15) is 34.8 Å². The van der Waals surface area contributed by atoms with Gasteiger partial charge >= 0.3 is 0 Å². The SMILES string of the molecule is CO/N=C/c1ccc(-c2cc(N(C)C)c3c(c2O)C(=O)C2=C(O)[C@]4(O)C(=O)C(C(N)=O)=C(O)C(N(C)C)[C@@H]4C[C@H]2C3)o1. The topological polar surface area (TPSA) is 199 Å². The van der Waals surface area contributed by atoms with Gasteiger partial charge in [-0.3, -0.25) is 19.3 Å². The van der Waals surface area contributed by atoms with E-state index in [2.05, 4.69) is 9.99 Å². The van der Waals surface area contributed by atoms with Crippen molar-refractivity contribution < 1.29 is 44.1 Å². The molecule has 1 aromatic heterocycles. The van der Waals surface area contributed by atoms with Crippen LogP contribution in [0.4, 0.5) is 5.69 Å². The number of phenols is 1. The van der Waals surface area contributed by atoms with Crippen LogP contribution in [0, 0.1) is 11.8 Å². The Morgan fingerprint density at radius 1 is 1.19 bits per heavy atom. The highest BCUT2D eigenvalue weighted by Crippen LogP contribution is 2.54. The number of fused-ring (bicyclic) bond motifs is 3. The molecule has 42 heavy (non-hydrogen) atoms. The number of allylic oxidation sites excluding steroid dienone is 1. The molecule has 0 spiro atoms. The zero-order chi connectivity index (χ0) is 30.8. The number of nitrogens with zero attached hydrogens (tertiary/aromatic N) is 3. The Morgan fingerprint density at radius 3 is 2.48 bits per heavy atom. The van der Waals surface area contributed by atoms with Gasteiger partial charge in [0, 0.05) is 31.3 Å². The molecule has 0 radical (unpaired) electrons. The minimum Gasteiger partial charge on any atom is -0.510 e. The number of carbonyl (C=O) groups is 3. The zero-order valence-corrected chi connectivity index (χ0v) is 23.7. The van der Waals surface area contributed by atoms with Gasteiger partial charge in [-0.1, -0.05) is 5.16 Å². The van der Waals surface area contributed by atoms with Crippen LogP contribution in [0.25, 0.3) is 11.3 Å². The number of benzene rings is 1. The van der Waals surface area contributed by atoms with Crippen LogP contribution in [0.2, 0.25) is 0 Å². The van der Waals surface area contributed by atoms with Crippen molar-refractivity contribution in [3.63, 3.8) is 0 Å². The lowest BCUT2D eigenvalue weighted by Gasteiger charge is -2.50. The van der Waals surface area contributed by atoms with Crippen molar-refractivity contribution in [3.05, 3.63) is 57.8 Å². The molecule has 0 bridgehead atoms. The molecular weight excluding hydrogens is 548 g/mol. The summed E-state index contributed by atoms with van der Waals surface area (Å²) in [6.07, 6.45) is 1.50. The van der Waals surface area contributed by atoms with Gasteiger partial charge in [0.2, 0.25) is 5.78 Å². The molecule has 3 aliphatic rings. The molecule has 0 fully saturated rings. The molecule has 13 nitrogen and oxygen atoms in total. The largest absolute Gasteiger partial charge is 0.510 e. The molecule has 1 aromatic carbocycles. The molecule has 1 heterocycles. The van der Waals surface area contributed by atoms with Gasteiger partial charge in [0.1, 0.15) is 47.7 Å². The number of carbonyl (C=O) groups excluding carboxylic acids is 3. The van der Waals surface area contributed by atoms with Gasteiger partial charge in [0.15, 0.2) is 11.4 Å². The summed E-state index contributed by atoms with van der Waals surface area (Å²) in [6, 6.07) is 3.81. The highest BCUT2D eigenvalue weighted by atomic mass is 16.6. The maximum atomic E-state index is 14.2. The van der Waals surface area contributed by atoms with Crippen molar-refractivity contribution in [2.24, 2.45) is 22.7 Å². The first kappa shape index (κ1) is 28.9. The van der Waals surface area contributed by atoms with E-state index in [1.807, 2.05) is 0 Å². The van der Waals surface area contributed by atoms with Crippen LogP contribution in [-0.4, -0.2) is 96.0 Å². The number of phenolic OH excluding ortho intramolecular Hbond substituents is 1. The molecule has 5 rings (SSSR count). The number of hydrogen-bond donors (Lipinski definition) is 5. The molecule has 0 aliphatic heterocycles. The number of aliphatic hydroxyl groups excluding tert-OH is 2. The molecule has 0 saturated heterocycles. The number of ketones is 2. The summed E-state index contributed by atoms with van der Waals surface area (Å²) in [5, 5.41) is 49.3. The molecule has 222 valence electrons. The summed E-state index contributed by atoms with van der Waals surface area (Å²) in [7, 11) is 8.09. The van der Waals surface area contributed by atoms with Crippen LogP contribution in [0.1, 0.15) is 28.1 Å². The molecule has 6 N–H and O–H groups in total. The molecule has 1 unspecified atom stereocenters. The summed E-state index contributed by atoms with van der Waals surface area (Å²) in [5.74, 6) is -6.51. The van der Waals surface area contributed by atoms with E-state index in [1.54, 1.807) is 51.3 Å². The second kappa shape index (κ2) is 10.0. The predicted molar refractivity (Wildman–Crippen MR) is 150 cm³/mol. The van der Waals surface area contributed by atoms with E-state index in [4.69, 9.17) is 10.2 Å². The van der Waals surface area contributed by atoms with E-state index >= 15 is 0 Å². The Hall–Kier alpha value is -4.62. The second-order valence-corrected chi connectivity index (χ2v) is 11.1. The molecular formula is C29H32N4O9. The Labute approximate surface area is 240 Å². The normalized spacial score (nSPS) is 25.5. The van der Waals surface area contributed by atoms with E-state index in [0.717, 1.165) is 0 Å². The first-order valence-electron chi connectivity index (χ1n) is 13.1. The number of aromatic hydroxyl groups is 1. The van der Waals surface area contributed by atoms with Gasteiger partial charge in [-0.25, -0.2) is 0 Å². The van der Waals surface area contributed by atoms with E-state index in [-0.39, 0.29) is 35.3 Å². The van der Waals surface area contributed by atoms with Crippen LogP contribution in [0.5, 0.6) is 5.75 Å². The number of nitrogens with two attached hydrogens (primary N) is 1. The average molecular weight is 581 g/mol. The second-order valence-electron chi connectivity index (χ2n) is 11.1. The lowest BCUT2D eigenvalue weighted by atomic mass is 9.58. The number of Topliss-reactive ketones (excluding diaryl/α,β-unsaturated/α-hetero) is 2. The van der Waals surface area contributed by atoms with Crippen LogP contribution in [-0.2, 0) is 20.8 Å². The minimum atomic E-state index is -2.71. The zero-order valence-electron chi connectivity index (χ0n) is 23.7. The minimum absolute atomic E-state index is 0.00151. The van der Waals surface area contributed by atoms with Crippen LogP contribution < -0.4 is 10.6 Å². The van der Waals surface area contributed by atoms with Crippen molar-refractivity contribution in [3.8, 4) is 17.1 Å². The number of anilines is 1. The fraction of sp³-hybridized carbons (Fsp3) is 0.379. The standard InChI is InChI=1S/C29H32N4O9/c1-32(2)17-10-15(18-7-6-13(42-18)11-31-41-5)23(34)20-14(17)8-12-9-16-22(33(3)4)25(36)21(28(30)39)27(38)29(16,40)26(37)19(12)24(20)35/h6-7,10-12,16,22,34,36-37,40H,8-9H2,1-5H3,(H2,30,39)/b31-11+/t12-,16+,22?,29+/m1/s1. The lowest BCUT2D eigenvalue weighted by Crippen LogP contribution is -2.63. The first-order chi connectivity index (χ1) is 19.7. The van der Waals surface area contributed by atoms with Crippen LogP contribution >= 0.6 is 0 Å². The number of rotatable bonds is 6. The van der Waals surface area contributed by atoms with Crippen molar-refractivity contribution >= 4 is 29.4 Å².